The van der Waals surface area contributed by atoms with Crippen LogP contribution in [0.2, 0.25) is 0 Å². The van der Waals surface area contributed by atoms with Gasteiger partial charge in [0.05, 0.1) is 37.6 Å². The summed E-state index contributed by atoms with van der Waals surface area (Å²) in [6, 6.07) is 13.4. The largest absolute Gasteiger partial charge is 0.493 e. The molecule has 3 aromatic rings. The van der Waals surface area contributed by atoms with E-state index in [0.717, 1.165) is 16.6 Å². The van der Waals surface area contributed by atoms with Gasteiger partial charge in [0.25, 0.3) is 0 Å². The molecule has 1 heterocycles. The fourth-order valence-electron chi connectivity index (χ4n) is 2.93. The van der Waals surface area contributed by atoms with Crippen molar-refractivity contribution in [3.05, 3.63) is 54.4 Å². The quantitative estimate of drug-likeness (QED) is 0.708. The first-order valence-electron chi connectivity index (χ1n) is 8.53. The summed E-state index contributed by atoms with van der Waals surface area (Å²) in [5, 5.41) is 3.03. The van der Waals surface area contributed by atoms with Crippen molar-refractivity contribution in [2.24, 2.45) is 0 Å². The summed E-state index contributed by atoms with van der Waals surface area (Å²) in [7, 11) is 3.20. The van der Waals surface area contributed by atoms with E-state index in [1.165, 1.54) is 0 Å². The Morgan fingerprint density at radius 3 is 2.69 bits per heavy atom. The highest BCUT2D eigenvalue weighted by Crippen LogP contribution is 2.29. The van der Waals surface area contributed by atoms with Crippen LogP contribution in [0.3, 0.4) is 0 Å². The summed E-state index contributed by atoms with van der Waals surface area (Å²) in [4.78, 5) is 16.7. The number of nitrogens with zero attached hydrogens (tertiary/aromatic N) is 2. The third kappa shape index (κ3) is 3.79. The van der Waals surface area contributed by atoms with Gasteiger partial charge in [-0.15, -0.1) is 0 Å². The van der Waals surface area contributed by atoms with Gasteiger partial charge in [0.2, 0.25) is 5.91 Å². The Hall–Kier alpha value is -3.02. The van der Waals surface area contributed by atoms with Gasteiger partial charge in [-0.3, -0.25) is 4.79 Å². The van der Waals surface area contributed by atoms with Crippen molar-refractivity contribution in [2.75, 3.05) is 14.2 Å². The van der Waals surface area contributed by atoms with E-state index < -0.39 is 0 Å². The van der Waals surface area contributed by atoms with Crippen molar-refractivity contribution < 1.29 is 14.3 Å². The number of rotatable bonds is 7. The van der Waals surface area contributed by atoms with Crippen molar-refractivity contribution >= 4 is 16.9 Å². The average Bonchev–Trinajstić information content (AvgIpc) is 3.09. The molecule has 1 atom stereocenters. The molecule has 6 nitrogen and oxygen atoms in total. The molecule has 0 radical (unpaired) electrons. The number of hydrogen-bond acceptors (Lipinski definition) is 4. The molecule has 1 N–H and O–H groups in total. The number of amides is 1. The van der Waals surface area contributed by atoms with Gasteiger partial charge in [0.1, 0.15) is 0 Å². The zero-order chi connectivity index (χ0) is 18.5. The molecule has 0 aliphatic rings. The molecule has 2 aromatic carbocycles. The smallest absolute Gasteiger partial charge is 0.222 e. The first kappa shape index (κ1) is 17.8. The molecule has 6 heteroatoms. The van der Waals surface area contributed by atoms with Gasteiger partial charge < -0.3 is 19.4 Å². The van der Waals surface area contributed by atoms with Crippen molar-refractivity contribution in [1.29, 1.82) is 0 Å². The Balaban J connectivity index is 1.61. The third-order valence-electron chi connectivity index (χ3n) is 4.39. The maximum absolute atomic E-state index is 12.3. The predicted octanol–water partition coefficient (Wildman–Crippen LogP) is 3.32. The van der Waals surface area contributed by atoms with Crippen molar-refractivity contribution in [1.82, 2.24) is 14.9 Å². The van der Waals surface area contributed by atoms with Crippen molar-refractivity contribution in [3.8, 4) is 11.5 Å². The van der Waals surface area contributed by atoms with Gasteiger partial charge in [0.15, 0.2) is 11.5 Å². The minimum atomic E-state index is -0.123. The molecule has 3 rings (SSSR count). The summed E-state index contributed by atoms with van der Waals surface area (Å²) in [6.07, 6.45) is 2.16. The summed E-state index contributed by atoms with van der Waals surface area (Å²) < 4.78 is 12.6. The van der Waals surface area contributed by atoms with Gasteiger partial charge in [-0.05, 0) is 36.8 Å². The SMILES string of the molecule is COc1ccc(C(C)NC(=O)CCn2cnc3ccccc32)cc1OC. The number of ether oxygens (including phenoxy) is 2. The van der Waals surface area contributed by atoms with Crippen molar-refractivity contribution in [3.63, 3.8) is 0 Å². The van der Waals surface area contributed by atoms with Crippen molar-refractivity contribution in [2.45, 2.75) is 25.9 Å². The van der Waals surface area contributed by atoms with E-state index in [1.54, 1.807) is 20.5 Å². The first-order valence-corrected chi connectivity index (χ1v) is 8.53. The van der Waals surface area contributed by atoms with E-state index in [0.29, 0.717) is 24.5 Å². The van der Waals surface area contributed by atoms with Crippen LogP contribution < -0.4 is 14.8 Å². The topological polar surface area (TPSA) is 65.4 Å². The third-order valence-corrected chi connectivity index (χ3v) is 4.39. The van der Waals surface area contributed by atoms with E-state index in [4.69, 9.17) is 9.47 Å². The van der Waals surface area contributed by atoms with Crippen LogP contribution in [-0.2, 0) is 11.3 Å². The van der Waals surface area contributed by atoms with Crippen LogP contribution in [0.25, 0.3) is 11.0 Å². The zero-order valence-corrected chi connectivity index (χ0v) is 15.2. The molecule has 0 aliphatic heterocycles. The second kappa shape index (κ2) is 7.91. The normalized spacial score (nSPS) is 12.0. The molecular weight excluding hydrogens is 330 g/mol. The fraction of sp³-hybridized carbons (Fsp3) is 0.300. The number of nitrogens with one attached hydrogen (secondary N) is 1. The summed E-state index contributed by atoms with van der Waals surface area (Å²) in [6.45, 7) is 2.54. The zero-order valence-electron chi connectivity index (χ0n) is 15.2. The Morgan fingerprint density at radius 2 is 1.92 bits per heavy atom. The van der Waals surface area contributed by atoms with E-state index in [1.807, 2.05) is 54.0 Å². The number of hydrogen-bond donors (Lipinski definition) is 1. The monoisotopic (exact) mass is 353 g/mol. The van der Waals surface area contributed by atoms with Crippen LogP contribution in [0.4, 0.5) is 0 Å². The Morgan fingerprint density at radius 1 is 1.15 bits per heavy atom. The highest BCUT2D eigenvalue weighted by atomic mass is 16.5. The number of para-hydroxylation sites is 2. The molecule has 26 heavy (non-hydrogen) atoms. The lowest BCUT2D eigenvalue weighted by molar-refractivity contribution is -0.121. The van der Waals surface area contributed by atoms with Gasteiger partial charge in [-0.2, -0.15) is 0 Å². The number of carbonyl (C=O) groups is 1. The molecule has 0 saturated heterocycles. The lowest BCUT2D eigenvalue weighted by Crippen LogP contribution is -2.27. The standard InChI is InChI=1S/C20H23N3O3/c1-14(15-8-9-18(25-2)19(12-15)26-3)22-20(24)10-11-23-13-21-16-6-4-5-7-17(16)23/h4-9,12-14H,10-11H2,1-3H3,(H,22,24). The highest BCUT2D eigenvalue weighted by molar-refractivity contribution is 5.77. The summed E-state index contributed by atoms with van der Waals surface area (Å²) >= 11 is 0. The molecule has 0 aliphatic carbocycles. The van der Waals surface area contributed by atoms with Crippen LogP contribution in [0.5, 0.6) is 11.5 Å². The van der Waals surface area contributed by atoms with Crippen LogP contribution in [0.1, 0.15) is 24.9 Å². The number of aryl methyl sites for hydroxylation is 1. The second-order valence-electron chi connectivity index (χ2n) is 6.08. The number of imidazole rings is 1. The van der Waals surface area contributed by atoms with Gasteiger partial charge in [-0.25, -0.2) is 4.98 Å². The number of carbonyl (C=O) groups excluding carboxylic acids is 1. The molecular formula is C20H23N3O3. The molecule has 0 spiro atoms. The summed E-state index contributed by atoms with van der Waals surface area (Å²) in [5.74, 6) is 1.31. The molecule has 1 aromatic heterocycles. The van der Waals surface area contributed by atoms with E-state index in [-0.39, 0.29) is 11.9 Å². The number of aromatic nitrogens is 2. The van der Waals surface area contributed by atoms with Gasteiger partial charge >= 0.3 is 0 Å². The maximum Gasteiger partial charge on any atom is 0.222 e. The van der Waals surface area contributed by atoms with Crippen LogP contribution in [0, 0.1) is 0 Å². The number of methoxy groups -OCH3 is 2. The molecule has 1 unspecified atom stereocenters. The fourth-order valence-corrected chi connectivity index (χ4v) is 2.93. The Labute approximate surface area is 152 Å². The predicted molar refractivity (Wildman–Crippen MR) is 100 cm³/mol. The van der Waals surface area contributed by atoms with Crippen LogP contribution >= 0.6 is 0 Å². The molecule has 136 valence electrons. The van der Waals surface area contributed by atoms with Crippen LogP contribution in [0.15, 0.2) is 48.8 Å². The lowest BCUT2D eigenvalue weighted by Gasteiger charge is -2.16. The average molecular weight is 353 g/mol. The molecule has 0 fully saturated rings. The molecule has 1 amide bonds. The highest BCUT2D eigenvalue weighted by Gasteiger charge is 2.13. The second-order valence-corrected chi connectivity index (χ2v) is 6.08. The van der Waals surface area contributed by atoms with E-state index in [2.05, 4.69) is 10.3 Å². The minimum absolute atomic E-state index is 0.00920. The van der Waals surface area contributed by atoms with E-state index >= 15 is 0 Å². The minimum Gasteiger partial charge on any atom is -0.493 e. The van der Waals surface area contributed by atoms with Gasteiger partial charge in [-0.1, -0.05) is 18.2 Å². The number of benzene rings is 2. The maximum atomic E-state index is 12.3. The first-order chi connectivity index (χ1) is 12.6. The van der Waals surface area contributed by atoms with E-state index in [9.17, 15) is 4.79 Å². The Bertz CT molecular complexity index is 904. The Kier molecular flexibility index (Phi) is 5.41. The van der Waals surface area contributed by atoms with Gasteiger partial charge in [0, 0.05) is 13.0 Å². The molecule has 0 saturated carbocycles. The number of fused-ring (bicyclic) bond motifs is 1. The lowest BCUT2D eigenvalue weighted by atomic mass is 10.1. The van der Waals surface area contributed by atoms with Crippen LogP contribution in [-0.4, -0.2) is 29.7 Å². The summed E-state index contributed by atoms with van der Waals surface area (Å²) in [5.41, 5.74) is 2.93. The molecule has 0 bridgehead atoms.